The van der Waals surface area contributed by atoms with Gasteiger partial charge in [0, 0.05) is 11.5 Å². The lowest BCUT2D eigenvalue weighted by atomic mass is 9.87. The molecule has 0 aliphatic heterocycles. The molecule has 0 saturated carbocycles. The molecular weight excluding hydrogens is 150 g/mol. The Bertz CT molecular complexity index is 150. The standard InChI is InChI=1S/C10H21NO/c1-6-7-10(4,5)9(12)11-8(2)3/h8H,6-7H2,1-5H3,(H,11,12). The van der Waals surface area contributed by atoms with E-state index in [9.17, 15) is 4.79 Å². The molecule has 0 atom stereocenters. The third-order valence-electron chi connectivity index (χ3n) is 1.91. The van der Waals surface area contributed by atoms with Crippen molar-refractivity contribution in [1.82, 2.24) is 5.32 Å². The van der Waals surface area contributed by atoms with Gasteiger partial charge in [-0.1, -0.05) is 27.2 Å². The predicted octanol–water partition coefficient (Wildman–Crippen LogP) is 2.34. The monoisotopic (exact) mass is 171 g/mol. The Balaban J connectivity index is 4.06. The highest BCUT2D eigenvalue weighted by molar-refractivity contribution is 5.81. The fraction of sp³-hybridized carbons (Fsp3) is 0.900. The van der Waals surface area contributed by atoms with Gasteiger partial charge in [0.2, 0.25) is 5.91 Å². The Hall–Kier alpha value is -0.530. The summed E-state index contributed by atoms with van der Waals surface area (Å²) in [6.07, 6.45) is 2.00. The maximum Gasteiger partial charge on any atom is 0.225 e. The molecule has 0 rings (SSSR count). The third-order valence-corrected chi connectivity index (χ3v) is 1.91. The molecule has 0 heterocycles. The van der Waals surface area contributed by atoms with Gasteiger partial charge in [-0.2, -0.15) is 0 Å². The van der Waals surface area contributed by atoms with E-state index < -0.39 is 0 Å². The summed E-state index contributed by atoms with van der Waals surface area (Å²) in [6, 6.07) is 0.244. The average Bonchev–Trinajstić information content (AvgIpc) is 1.85. The molecule has 12 heavy (non-hydrogen) atoms. The van der Waals surface area contributed by atoms with Crippen molar-refractivity contribution in [2.45, 2.75) is 53.5 Å². The van der Waals surface area contributed by atoms with Gasteiger partial charge >= 0.3 is 0 Å². The smallest absolute Gasteiger partial charge is 0.225 e. The molecule has 0 bridgehead atoms. The number of carbonyl (C=O) groups is 1. The molecule has 0 saturated heterocycles. The fourth-order valence-corrected chi connectivity index (χ4v) is 1.20. The van der Waals surface area contributed by atoms with Crippen LogP contribution in [0.3, 0.4) is 0 Å². The SMILES string of the molecule is CCCC(C)(C)C(=O)NC(C)C. The zero-order chi connectivity index (χ0) is 9.78. The zero-order valence-corrected chi connectivity index (χ0v) is 8.90. The Morgan fingerprint density at radius 1 is 1.42 bits per heavy atom. The van der Waals surface area contributed by atoms with Crippen LogP contribution in [0.15, 0.2) is 0 Å². The molecule has 0 aliphatic rings. The second-order valence-electron chi connectivity index (χ2n) is 4.26. The van der Waals surface area contributed by atoms with Gasteiger partial charge in [-0.15, -0.1) is 0 Å². The highest BCUT2D eigenvalue weighted by Crippen LogP contribution is 2.22. The molecule has 0 aliphatic carbocycles. The first-order valence-corrected chi connectivity index (χ1v) is 4.71. The average molecular weight is 171 g/mol. The summed E-state index contributed by atoms with van der Waals surface area (Å²) in [6.45, 7) is 10.1. The number of rotatable bonds is 4. The maximum atomic E-state index is 11.6. The molecule has 2 nitrogen and oxygen atoms in total. The minimum absolute atomic E-state index is 0.166. The van der Waals surface area contributed by atoms with Crippen LogP contribution in [0.25, 0.3) is 0 Å². The van der Waals surface area contributed by atoms with E-state index in [4.69, 9.17) is 0 Å². The van der Waals surface area contributed by atoms with Crippen molar-refractivity contribution in [3.05, 3.63) is 0 Å². The first-order valence-electron chi connectivity index (χ1n) is 4.71. The minimum Gasteiger partial charge on any atom is -0.353 e. The molecular formula is C10H21NO. The van der Waals surface area contributed by atoms with Crippen molar-refractivity contribution < 1.29 is 4.79 Å². The van der Waals surface area contributed by atoms with Gasteiger partial charge in [-0.05, 0) is 20.3 Å². The molecule has 0 aromatic carbocycles. The van der Waals surface area contributed by atoms with Gasteiger partial charge in [-0.25, -0.2) is 0 Å². The summed E-state index contributed by atoms with van der Waals surface area (Å²) in [5.74, 6) is 0.166. The third kappa shape index (κ3) is 3.74. The molecule has 0 unspecified atom stereocenters. The molecule has 72 valence electrons. The van der Waals surface area contributed by atoms with E-state index in [-0.39, 0.29) is 17.4 Å². The van der Waals surface area contributed by atoms with E-state index in [1.165, 1.54) is 0 Å². The zero-order valence-electron chi connectivity index (χ0n) is 8.90. The summed E-state index contributed by atoms with van der Waals surface area (Å²) in [7, 11) is 0. The van der Waals surface area contributed by atoms with Crippen LogP contribution in [0, 0.1) is 5.41 Å². The number of nitrogens with one attached hydrogen (secondary N) is 1. The van der Waals surface area contributed by atoms with Gasteiger partial charge in [0.1, 0.15) is 0 Å². The van der Waals surface area contributed by atoms with E-state index >= 15 is 0 Å². The molecule has 0 fully saturated rings. The Morgan fingerprint density at radius 2 is 1.92 bits per heavy atom. The van der Waals surface area contributed by atoms with Gasteiger partial charge < -0.3 is 5.32 Å². The summed E-state index contributed by atoms with van der Waals surface area (Å²) in [5, 5.41) is 2.93. The van der Waals surface area contributed by atoms with E-state index in [2.05, 4.69) is 12.2 Å². The molecule has 0 aromatic rings. The van der Waals surface area contributed by atoms with Crippen molar-refractivity contribution in [3.8, 4) is 0 Å². The normalized spacial score (nSPS) is 11.8. The van der Waals surface area contributed by atoms with Crippen LogP contribution >= 0.6 is 0 Å². The lowest BCUT2D eigenvalue weighted by molar-refractivity contribution is -0.130. The minimum atomic E-state index is -0.209. The van der Waals surface area contributed by atoms with E-state index in [1.54, 1.807) is 0 Å². The predicted molar refractivity (Wildman–Crippen MR) is 52.0 cm³/mol. The van der Waals surface area contributed by atoms with Crippen molar-refractivity contribution in [2.24, 2.45) is 5.41 Å². The van der Waals surface area contributed by atoms with E-state index in [0.29, 0.717) is 0 Å². The van der Waals surface area contributed by atoms with E-state index in [0.717, 1.165) is 12.8 Å². The molecule has 0 spiro atoms. The molecule has 0 aromatic heterocycles. The van der Waals surface area contributed by atoms with Crippen molar-refractivity contribution in [2.75, 3.05) is 0 Å². The maximum absolute atomic E-state index is 11.6. The van der Waals surface area contributed by atoms with Gasteiger partial charge in [0.05, 0.1) is 0 Å². The lowest BCUT2D eigenvalue weighted by Crippen LogP contribution is -2.40. The molecule has 1 N–H and O–H groups in total. The number of carbonyl (C=O) groups excluding carboxylic acids is 1. The summed E-state index contributed by atoms with van der Waals surface area (Å²) >= 11 is 0. The van der Waals surface area contributed by atoms with Crippen LogP contribution in [0.1, 0.15) is 47.5 Å². The highest BCUT2D eigenvalue weighted by Gasteiger charge is 2.26. The largest absolute Gasteiger partial charge is 0.353 e. The lowest BCUT2D eigenvalue weighted by Gasteiger charge is -2.24. The summed E-state index contributed by atoms with van der Waals surface area (Å²) in [5.41, 5.74) is -0.209. The molecule has 0 radical (unpaired) electrons. The highest BCUT2D eigenvalue weighted by atomic mass is 16.2. The van der Waals surface area contributed by atoms with Crippen molar-refractivity contribution in [1.29, 1.82) is 0 Å². The Morgan fingerprint density at radius 3 is 2.25 bits per heavy atom. The van der Waals surface area contributed by atoms with Gasteiger partial charge in [0.15, 0.2) is 0 Å². The number of hydrogen-bond acceptors (Lipinski definition) is 1. The first-order chi connectivity index (χ1) is 5.40. The van der Waals surface area contributed by atoms with Crippen LogP contribution in [0.4, 0.5) is 0 Å². The quantitative estimate of drug-likeness (QED) is 0.691. The molecule has 1 amide bonds. The van der Waals surface area contributed by atoms with Crippen molar-refractivity contribution >= 4 is 5.91 Å². The summed E-state index contributed by atoms with van der Waals surface area (Å²) in [4.78, 5) is 11.6. The molecule has 2 heteroatoms. The van der Waals surface area contributed by atoms with Crippen molar-refractivity contribution in [3.63, 3.8) is 0 Å². The Labute approximate surface area is 75.7 Å². The van der Waals surface area contributed by atoms with Crippen LogP contribution < -0.4 is 5.32 Å². The van der Waals surface area contributed by atoms with Gasteiger partial charge in [0.25, 0.3) is 0 Å². The van der Waals surface area contributed by atoms with Crippen LogP contribution in [-0.2, 0) is 4.79 Å². The Kier molecular flexibility index (Phi) is 4.29. The second kappa shape index (κ2) is 4.48. The number of amides is 1. The van der Waals surface area contributed by atoms with Crippen LogP contribution in [-0.4, -0.2) is 11.9 Å². The van der Waals surface area contributed by atoms with Crippen LogP contribution in [0.2, 0.25) is 0 Å². The summed E-state index contributed by atoms with van der Waals surface area (Å²) < 4.78 is 0. The van der Waals surface area contributed by atoms with Gasteiger partial charge in [-0.3, -0.25) is 4.79 Å². The van der Waals surface area contributed by atoms with E-state index in [1.807, 2.05) is 27.7 Å². The fourth-order valence-electron chi connectivity index (χ4n) is 1.20. The van der Waals surface area contributed by atoms with Crippen LogP contribution in [0.5, 0.6) is 0 Å². The second-order valence-corrected chi connectivity index (χ2v) is 4.26. The first kappa shape index (κ1) is 11.5. The topological polar surface area (TPSA) is 29.1 Å². The number of hydrogen-bond donors (Lipinski definition) is 1.